The number of nitrogens with one attached hydrogen (secondary N) is 1. The fraction of sp³-hybridized carbons (Fsp3) is 0.500. The molecule has 17 heavy (non-hydrogen) atoms. The Bertz CT molecular complexity index is 389. The molecule has 1 amide bonds. The number of rotatable bonds is 3. The zero-order valence-electron chi connectivity index (χ0n) is 10.4. The van der Waals surface area contributed by atoms with Gasteiger partial charge in [0.2, 0.25) is 0 Å². The van der Waals surface area contributed by atoms with E-state index in [4.69, 9.17) is 9.15 Å². The zero-order chi connectivity index (χ0) is 13.1. The van der Waals surface area contributed by atoms with E-state index < -0.39 is 12.1 Å². The van der Waals surface area contributed by atoms with Gasteiger partial charge in [-0.3, -0.25) is 4.79 Å². The summed E-state index contributed by atoms with van der Waals surface area (Å²) >= 11 is 0. The molecule has 1 aromatic heterocycles. The van der Waals surface area contributed by atoms with Crippen molar-refractivity contribution < 1.29 is 18.7 Å². The van der Waals surface area contributed by atoms with E-state index in [1.165, 1.54) is 25.5 Å². The maximum Gasteiger partial charge on any atom is 0.342 e. The first-order valence-corrected chi connectivity index (χ1v) is 5.35. The van der Waals surface area contributed by atoms with Crippen molar-refractivity contribution in [2.45, 2.75) is 39.3 Å². The smallest absolute Gasteiger partial charge is 0.342 e. The number of furan rings is 1. The number of carbonyl (C=O) groups is 2. The molecule has 1 N–H and O–H groups in total. The minimum Gasteiger partial charge on any atom is -0.472 e. The van der Waals surface area contributed by atoms with Crippen LogP contribution in [0.15, 0.2) is 23.0 Å². The van der Waals surface area contributed by atoms with Crippen LogP contribution in [-0.4, -0.2) is 23.5 Å². The molecule has 0 saturated heterocycles. The fourth-order valence-corrected chi connectivity index (χ4v) is 1.13. The Labute approximate surface area is 100 Å². The standard InChI is InChI=1S/C12H17NO4/c1-8(10(14)13-12(2,3)4)17-11(15)9-5-6-16-7-9/h5-8H,1-4H3,(H,13,14)/t8-/m1/s1. The molecule has 5 nitrogen and oxygen atoms in total. The molecule has 0 bridgehead atoms. The highest BCUT2D eigenvalue weighted by Crippen LogP contribution is 2.06. The highest BCUT2D eigenvalue weighted by atomic mass is 16.5. The van der Waals surface area contributed by atoms with Gasteiger partial charge in [0, 0.05) is 5.54 Å². The summed E-state index contributed by atoms with van der Waals surface area (Å²) in [6.45, 7) is 7.10. The van der Waals surface area contributed by atoms with Gasteiger partial charge >= 0.3 is 5.97 Å². The monoisotopic (exact) mass is 239 g/mol. The molecule has 5 heteroatoms. The molecule has 0 aliphatic rings. The van der Waals surface area contributed by atoms with Crippen LogP contribution in [0, 0.1) is 0 Å². The van der Waals surface area contributed by atoms with Gasteiger partial charge in [-0.25, -0.2) is 4.79 Å². The molecule has 1 atom stereocenters. The topological polar surface area (TPSA) is 68.5 Å². The van der Waals surface area contributed by atoms with E-state index in [0.29, 0.717) is 5.56 Å². The number of amides is 1. The highest BCUT2D eigenvalue weighted by Gasteiger charge is 2.23. The molecule has 0 radical (unpaired) electrons. The average molecular weight is 239 g/mol. The third kappa shape index (κ3) is 4.30. The second-order valence-electron chi connectivity index (χ2n) is 4.80. The summed E-state index contributed by atoms with van der Waals surface area (Å²) in [7, 11) is 0. The third-order valence-electron chi connectivity index (χ3n) is 1.91. The first kappa shape index (κ1) is 13.3. The normalized spacial score (nSPS) is 12.9. The van der Waals surface area contributed by atoms with Crippen molar-refractivity contribution in [3.8, 4) is 0 Å². The fourth-order valence-electron chi connectivity index (χ4n) is 1.13. The zero-order valence-corrected chi connectivity index (χ0v) is 10.4. The number of ether oxygens (including phenoxy) is 1. The van der Waals surface area contributed by atoms with Crippen LogP contribution < -0.4 is 5.32 Å². The first-order valence-electron chi connectivity index (χ1n) is 5.35. The molecule has 0 aromatic carbocycles. The lowest BCUT2D eigenvalue weighted by Gasteiger charge is -2.23. The summed E-state index contributed by atoms with van der Waals surface area (Å²) in [5.74, 6) is -0.898. The first-order chi connectivity index (χ1) is 7.79. The van der Waals surface area contributed by atoms with E-state index >= 15 is 0 Å². The van der Waals surface area contributed by atoms with E-state index in [1.54, 1.807) is 0 Å². The van der Waals surface area contributed by atoms with Crippen LogP contribution in [0.25, 0.3) is 0 Å². The lowest BCUT2D eigenvalue weighted by atomic mass is 10.1. The van der Waals surface area contributed by atoms with Crippen molar-refractivity contribution in [2.24, 2.45) is 0 Å². The van der Waals surface area contributed by atoms with Crippen molar-refractivity contribution in [3.63, 3.8) is 0 Å². The molecule has 0 aliphatic heterocycles. The molecule has 1 aromatic rings. The Morgan fingerprint density at radius 3 is 2.53 bits per heavy atom. The second-order valence-corrected chi connectivity index (χ2v) is 4.80. The van der Waals surface area contributed by atoms with Gasteiger partial charge in [0.05, 0.1) is 11.8 Å². The van der Waals surface area contributed by atoms with Crippen LogP contribution in [0.5, 0.6) is 0 Å². The van der Waals surface area contributed by atoms with Crippen molar-refractivity contribution >= 4 is 11.9 Å². The predicted molar refractivity (Wildman–Crippen MR) is 61.5 cm³/mol. The number of esters is 1. The van der Waals surface area contributed by atoms with E-state index in [1.807, 2.05) is 20.8 Å². The Morgan fingerprint density at radius 2 is 2.06 bits per heavy atom. The summed E-state index contributed by atoms with van der Waals surface area (Å²) in [5, 5.41) is 2.73. The van der Waals surface area contributed by atoms with Crippen molar-refractivity contribution in [1.82, 2.24) is 5.32 Å². The van der Waals surface area contributed by atoms with Gasteiger partial charge in [-0.2, -0.15) is 0 Å². The predicted octanol–water partition coefficient (Wildman–Crippen LogP) is 1.74. The molecular weight excluding hydrogens is 222 g/mol. The third-order valence-corrected chi connectivity index (χ3v) is 1.91. The van der Waals surface area contributed by atoms with Gasteiger partial charge in [-0.15, -0.1) is 0 Å². The number of carbonyl (C=O) groups excluding carboxylic acids is 2. The second kappa shape index (κ2) is 5.03. The van der Waals surface area contributed by atoms with Gasteiger partial charge in [-0.05, 0) is 33.8 Å². The van der Waals surface area contributed by atoms with Gasteiger partial charge in [-0.1, -0.05) is 0 Å². The molecular formula is C12H17NO4. The largest absolute Gasteiger partial charge is 0.472 e. The lowest BCUT2D eigenvalue weighted by molar-refractivity contribution is -0.130. The van der Waals surface area contributed by atoms with Crippen LogP contribution in [0.1, 0.15) is 38.1 Å². The Morgan fingerprint density at radius 1 is 1.41 bits per heavy atom. The molecule has 0 aliphatic carbocycles. The van der Waals surface area contributed by atoms with Crippen LogP contribution in [-0.2, 0) is 9.53 Å². The van der Waals surface area contributed by atoms with E-state index in [-0.39, 0.29) is 11.4 Å². The van der Waals surface area contributed by atoms with Gasteiger partial charge in [0.15, 0.2) is 6.10 Å². The van der Waals surface area contributed by atoms with E-state index in [2.05, 4.69) is 5.32 Å². The van der Waals surface area contributed by atoms with Gasteiger partial charge in [0.25, 0.3) is 5.91 Å². The molecule has 0 unspecified atom stereocenters. The SMILES string of the molecule is C[C@@H](OC(=O)c1ccoc1)C(=O)NC(C)(C)C. The molecule has 0 fully saturated rings. The number of hydrogen-bond donors (Lipinski definition) is 1. The molecule has 1 rings (SSSR count). The van der Waals surface area contributed by atoms with Crippen LogP contribution in [0.4, 0.5) is 0 Å². The molecule has 0 saturated carbocycles. The Hall–Kier alpha value is -1.78. The van der Waals surface area contributed by atoms with E-state index in [9.17, 15) is 9.59 Å². The summed E-state index contributed by atoms with van der Waals surface area (Å²) in [6, 6.07) is 1.48. The maximum atomic E-state index is 11.7. The maximum absolute atomic E-state index is 11.7. The van der Waals surface area contributed by atoms with Crippen LogP contribution >= 0.6 is 0 Å². The average Bonchev–Trinajstić information content (AvgIpc) is 2.67. The quantitative estimate of drug-likeness (QED) is 0.816. The van der Waals surface area contributed by atoms with Crippen LogP contribution in [0.2, 0.25) is 0 Å². The lowest BCUT2D eigenvalue weighted by Crippen LogP contribution is -2.46. The van der Waals surface area contributed by atoms with Crippen molar-refractivity contribution in [3.05, 3.63) is 24.2 Å². The van der Waals surface area contributed by atoms with Gasteiger partial charge < -0.3 is 14.5 Å². The Kier molecular flexibility index (Phi) is 3.93. The summed E-state index contributed by atoms with van der Waals surface area (Å²) in [6.07, 6.45) is 1.81. The minimum absolute atomic E-state index is 0.292. The minimum atomic E-state index is -0.836. The van der Waals surface area contributed by atoms with Crippen molar-refractivity contribution in [1.29, 1.82) is 0 Å². The summed E-state index contributed by atoms with van der Waals surface area (Å²) < 4.78 is 9.75. The highest BCUT2D eigenvalue weighted by molar-refractivity contribution is 5.91. The Balaban J connectivity index is 2.52. The summed E-state index contributed by atoms with van der Waals surface area (Å²) in [5.41, 5.74) is -0.0617. The van der Waals surface area contributed by atoms with Crippen molar-refractivity contribution in [2.75, 3.05) is 0 Å². The molecule has 94 valence electrons. The number of hydrogen-bond acceptors (Lipinski definition) is 4. The molecule has 0 spiro atoms. The summed E-state index contributed by atoms with van der Waals surface area (Å²) in [4.78, 5) is 23.2. The van der Waals surface area contributed by atoms with E-state index in [0.717, 1.165) is 0 Å². The molecule has 1 heterocycles. The van der Waals surface area contributed by atoms with Crippen LogP contribution in [0.3, 0.4) is 0 Å². The van der Waals surface area contributed by atoms with Gasteiger partial charge in [0.1, 0.15) is 6.26 Å².